The lowest BCUT2D eigenvalue weighted by atomic mass is 9.95. The van der Waals surface area contributed by atoms with E-state index in [9.17, 15) is 23.1 Å². The van der Waals surface area contributed by atoms with Crippen molar-refractivity contribution in [3.8, 4) is 0 Å². The predicted octanol–water partition coefficient (Wildman–Crippen LogP) is 5.88. The largest absolute Gasteiger partial charge is 0.507 e. The summed E-state index contributed by atoms with van der Waals surface area (Å²) in [4.78, 5) is 31.6. The summed E-state index contributed by atoms with van der Waals surface area (Å²) in [5.74, 6) is -2.13. The van der Waals surface area contributed by atoms with Crippen LogP contribution in [0.15, 0.2) is 94.8 Å². The van der Waals surface area contributed by atoms with Crippen LogP contribution in [0.2, 0.25) is 10.0 Å². The number of carbonyl (C=O) groups excluding carboxylic acids is 2. The second kappa shape index (κ2) is 10.2. The zero-order chi connectivity index (χ0) is 27.0. The van der Waals surface area contributed by atoms with Gasteiger partial charge < -0.3 is 5.11 Å². The first-order chi connectivity index (χ1) is 18.2. The molecule has 1 saturated heterocycles. The average Bonchev–Trinajstić information content (AvgIpc) is 3.50. The molecule has 1 aliphatic rings. The summed E-state index contributed by atoms with van der Waals surface area (Å²) in [6.45, 7) is 0. The minimum absolute atomic E-state index is 0.0581. The zero-order valence-electron chi connectivity index (χ0n) is 19.2. The summed E-state index contributed by atoms with van der Waals surface area (Å²) < 4.78 is 27.9. The molecule has 38 heavy (non-hydrogen) atoms. The van der Waals surface area contributed by atoms with Crippen LogP contribution in [-0.4, -0.2) is 30.2 Å². The van der Waals surface area contributed by atoms with Crippen molar-refractivity contribution in [3.05, 3.63) is 111 Å². The Balaban J connectivity index is 1.59. The molecule has 1 fully saturated rings. The molecule has 3 aromatic carbocycles. The van der Waals surface area contributed by atoms with Crippen LogP contribution in [0.3, 0.4) is 0 Å². The van der Waals surface area contributed by atoms with Crippen molar-refractivity contribution in [1.82, 2.24) is 4.98 Å². The van der Waals surface area contributed by atoms with E-state index in [4.69, 9.17) is 23.2 Å². The van der Waals surface area contributed by atoms with Crippen molar-refractivity contribution < 1.29 is 23.1 Å². The molecule has 0 saturated carbocycles. The Morgan fingerprint density at radius 3 is 2.11 bits per heavy atom. The van der Waals surface area contributed by atoms with Gasteiger partial charge in [-0.2, -0.15) is 0 Å². The van der Waals surface area contributed by atoms with Crippen LogP contribution in [0.5, 0.6) is 0 Å². The molecule has 1 unspecified atom stereocenters. The quantitative estimate of drug-likeness (QED) is 0.166. The Morgan fingerprint density at radius 2 is 1.53 bits per heavy atom. The zero-order valence-corrected chi connectivity index (χ0v) is 22.4. The van der Waals surface area contributed by atoms with Crippen molar-refractivity contribution in [3.63, 3.8) is 0 Å². The number of Topliss-reactive ketones (excluding diaryl/α,β-unsaturated/α-hetero) is 1. The second-order valence-electron chi connectivity index (χ2n) is 8.16. The number of aliphatic hydroxyl groups is 1. The molecule has 0 spiro atoms. The average molecular weight is 586 g/mol. The molecule has 1 amide bonds. The minimum atomic E-state index is -3.93. The third-order valence-electron chi connectivity index (χ3n) is 5.83. The van der Waals surface area contributed by atoms with Crippen LogP contribution in [0, 0.1) is 0 Å². The molecule has 12 heteroatoms. The number of sulfonamides is 1. The van der Waals surface area contributed by atoms with E-state index < -0.39 is 27.8 Å². The molecule has 1 atom stereocenters. The summed E-state index contributed by atoms with van der Waals surface area (Å²) in [6.07, 6.45) is 1.48. The maximum absolute atomic E-state index is 13.3. The lowest BCUT2D eigenvalue weighted by molar-refractivity contribution is -0.132. The first-order valence-electron chi connectivity index (χ1n) is 11.0. The van der Waals surface area contributed by atoms with E-state index in [0.717, 1.165) is 11.3 Å². The van der Waals surface area contributed by atoms with E-state index in [1.807, 2.05) is 0 Å². The SMILES string of the molecule is O=C1C(=O)N(c2ccc(S(=O)(=O)Nc3nccs3)cc2)C(c2ccc(Cl)cc2)C1=C(O)c1ccc(Cl)cc1. The van der Waals surface area contributed by atoms with Crippen LogP contribution in [-0.2, 0) is 19.6 Å². The molecule has 1 aromatic heterocycles. The van der Waals surface area contributed by atoms with E-state index in [1.54, 1.807) is 53.9 Å². The molecule has 2 heterocycles. The van der Waals surface area contributed by atoms with E-state index in [-0.39, 0.29) is 27.0 Å². The van der Waals surface area contributed by atoms with Gasteiger partial charge in [0.15, 0.2) is 5.13 Å². The number of aliphatic hydroxyl groups excluding tert-OH is 1. The molecular formula is C26H17Cl2N3O5S2. The first kappa shape index (κ1) is 25.9. The summed E-state index contributed by atoms with van der Waals surface area (Å²) in [5.41, 5.74) is 0.962. The molecule has 4 aromatic rings. The fourth-order valence-corrected chi connectivity index (χ4v) is 6.10. The van der Waals surface area contributed by atoms with E-state index in [0.29, 0.717) is 21.2 Å². The van der Waals surface area contributed by atoms with Crippen molar-refractivity contribution in [2.24, 2.45) is 0 Å². The van der Waals surface area contributed by atoms with Gasteiger partial charge >= 0.3 is 0 Å². The fourth-order valence-electron chi connectivity index (χ4n) is 4.06. The first-order valence-corrected chi connectivity index (χ1v) is 14.1. The van der Waals surface area contributed by atoms with E-state index >= 15 is 0 Å². The van der Waals surface area contributed by atoms with Gasteiger partial charge in [0.05, 0.1) is 16.5 Å². The molecule has 0 radical (unpaired) electrons. The normalized spacial score (nSPS) is 17.1. The number of ketones is 1. The number of aromatic nitrogens is 1. The van der Waals surface area contributed by atoms with Crippen LogP contribution in [0.1, 0.15) is 17.2 Å². The standard InChI is InChI=1S/C26H17Cl2N3O5S2/c27-17-5-1-15(2-6-17)22-21(23(32)16-3-7-18(28)8-4-16)24(33)25(34)31(22)19-9-11-20(12-10-19)38(35,36)30-26-29-13-14-37-26/h1-14,22,32H,(H,29,30). The monoisotopic (exact) mass is 585 g/mol. The van der Waals surface area contributed by atoms with Crippen LogP contribution in [0.25, 0.3) is 5.76 Å². The van der Waals surface area contributed by atoms with Crippen molar-refractivity contribution in [2.45, 2.75) is 10.9 Å². The highest BCUT2D eigenvalue weighted by molar-refractivity contribution is 7.93. The number of hydrogen-bond donors (Lipinski definition) is 2. The Hall–Kier alpha value is -3.70. The highest BCUT2D eigenvalue weighted by atomic mass is 35.5. The van der Waals surface area contributed by atoms with E-state index in [1.165, 1.54) is 35.4 Å². The predicted molar refractivity (Wildman–Crippen MR) is 147 cm³/mol. The van der Waals surface area contributed by atoms with Crippen LogP contribution >= 0.6 is 34.5 Å². The Labute approximate surface area is 231 Å². The number of nitrogens with zero attached hydrogens (tertiary/aromatic N) is 2. The maximum Gasteiger partial charge on any atom is 0.300 e. The molecule has 0 bridgehead atoms. The van der Waals surface area contributed by atoms with Crippen LogP contribution in [0.4, 0.5) is 10.8 Å². The number of halogens is 2. The molecule has 8 nitrogen and oxygen atoms in total. The van der Waals surface area contributed by atoms with Gasteiger partial charge in [0.25, 0.3) is 21.7 Å². The van der Waals surface area contributed by atoms with Crippen molar-refractivity contribution in [2.75, 3.05) is 9.62 Å². The minimum Gasteiger partial charge on any atom is -0.507 e. The Morgan fingerprint density at radius 1 is 0.921 bits per heavy atom. The molecule has 2 N–H and O–H groups in total. The highest BCUT2D eigenvalue weighted by Crippen LogP contribution is 2.42. The number of carbonyl (C=O) groups is 2. The van der Waals surface area contributed by atoms with Gasteiger partial charge in [0.1, 0.15) is 5.76 Å². The van der Waals surface area contributed by atoms with Gasteiger partial charge in [-0.3, -0.25) is 19.2 Å². The summed E-state index contributed by atoms with van der Waals surface area (Å²) in [7, 11) is -3.93. The molecular weight excluding hydrogens is 569 g/mol. The topological polar surface area (TPSA) is 117 Å². The summed E-state index contributed by atoms with van der Waals surface area (Å²) in [5, 5.41) is 13.9. The number of anilines is 2. The number of thiazole rings is 1. The number of hydrogen-bond acceptors (Lipinski definition) is 7. The van der Waals surface area contributed by atoms with Crippen LogP contribution < -0.4 is 9.62 Å². The summed E-state index contributed by atoms with van der Waals surface area (Å²) in [6, 6.07) is 17.2. The lowest BCUT2D eigenvalue weighted by Gasteiger charge is -2.25. The Bertz CT molecular complexity index is 1650. The third kappa shape index (κ3) is 4.91. The maximum atomic E-state index is 13.3. The van der Waals surface area contributed by atoms with Gasteiger partial charge in [-0.15, -0.1) is 11.3 Å². The van der Waals surface area contributed by atoms with Gasteiger partial charge in [-0.25, -0.2) is 13.4 Å². The molecule has 5 rings (SSSR count). The van der Waals surface area contributed by atoms with Crippen molar-refractivity contribution >= 4 is 72.8 Å². The van der Waals surface area contributed by atoms with Gasteiger partial charge in [0, 0.05) is 32.9 Å². The fraction of sp³-hybridized carbons (Fsp3) is 0.0385. The number of nitrogens with one attached hydrogen (secondary N) is 1. The van der Waals surface area contributed by atoms with E-state index in [2.05, 4.69) is 9.71 Å². The van der Waals surface area contributed by atoms with Crippen molar-refractivity contribution in [1.29, 1.82) is 0 Å². The Kier molecular flexibility index (Phi) is 6.97. The number of amides is 1. The molecule has 192 valence electrons. The lowest BCUT2D eigenvalue weighted by Crippen LogP contribution is -2.29. The highest BCUT2D eigenvalue weighted by Gasteiger charge is 2.47. The van der Waals surface area contributed by atoms with Gasteiger partial charge in [-0.1, -0.05) is 35.3 Å². The third-order valence-corrected chi connectivity index (χ3v) is 8.50. The smallest absolute Gasteiger partial charge is 0.300 e. The number of benzene rings is 3. The molecule has 1 aliphatic heterocycles. The summed E-state index contributed by atoms with van der Waals surface area (Å²) >= 11 is 13.2. The number of rotatable bonds is 6. The van der Waals surface area contributed by atoms with Gasteiger partial charge in [0.2, 0.25) is 0 Å². The van der Waals surface area contributed by atoms with Gasteiger partial charge in [-0.05, 0) is 66.2 Å². The molecule has 0 aliphatic carbocycles. The second-order valence-corrected chi connectivity index (χ2v) is 11.6.